The summed E-state index contributed by atoms with van der Waals surface area (Å²) in [7, 11) is 1.33. The summed E-state index contributed by atoms with van der Waals surface area (Å²) < 4.78 is 4.59. The molecule has 0 aromatic rings. The standard InChI is InChI=1S/C11H14O4/c1-15-9(12)5-8-6-2-3-7(4-6)10(8)11(13)14/h2-3,6-8,10H,4-5H2,1H3,(H,13,14). The van der Waals surface area contributed by atoms with Gasteiger partial charge in [-0.15, -0.1) is 0 Å². The number of carbonyl (C=O) groups is 2. The number of esters is 1. The highest BCUT2D eigenvalue weighted by atomic mass is 16.5. The fraction of sp³-hybridized carbons (Fsp3) is 0.636. The van der Waals surface area contributed by atoms with Crippen molar-refractivity contribution in [3.8, 4) is 0 Å². The average molecular weight is 210 g/mol. The van der Waals surface area contributed by atoms with Crippen molar-refractivity contribution in [1.29, 1.82) is 0 Å². The van der Waals surface area contributed by atoms with Crippen LogP contribution in [0.4, 0.5) is 0 Å². The van der Waals surface area contributed by atoms with Crippen molar-refractivity contribution in [2.75, 3.05) is 7.11 Å². The minimum Gasteiger partial charge on any atom is -0.481 e. The fourth-order valence-corrected chi connectivity index (χ4v) is 2.84. The monoisotopic (exact) mass is 210 g/mol. The van der Waals surface area contributed by atoms with Crippen LogP contribution in [0.5, 0.6) is 0 Å². The number of ether oxygens (including phenoxy) is 1. The molecule has 0 aromatic heterocycles. The van der Waals surface area contributed by atoms with E-state index in [2.05, 4.69) is 4.74 Å². The van der Waals surface area contributed by atoms with Gasteiger partial charge in [0.25, 0.3) is 0 Å². The van der Waals surface area contributed by atoms with Crippen LogP contribution >= 0.6 is 0 Å². The largest absolute Gasteiger partial charge is 0.481 e. The highest BCUT2D eigenvalue weighted by molar-refractivity contribution is 5.75. The number of fused-ring (bicyclic) bond motifs is 2. The number of rotatable bonds is 3. The molecule has 82 valence electrons. The van der Waals surface area contributed by atoms with E-state index in [1.54, 1.807) is 0 Å². The molecule has 2 bridgehead atoms. The van der Waals surface area contributed by atoms with Gasteiger partial charge in [-0.25, -0.2) is 0 Å². The Morgan fingerprint density at radius 1 is 1.40 bits per heavy atom. The zero-order chi connectivity index (χ0) is 11.0. The van der Waals surface area contributed by atoms with Crippen molar-refractivity contribution >= 4 is 11.9 Å². The summed E-state index contributed by atoms with van der Waals surface area (Å²) in [6, 6.07) is 0. The molecule has 0 saturated heterocycles. The van der Waals surface area contributed by atoms with Crippen LogP contribution in [-0.4, -0.2) is 24.2 Å². The van der Waals surface area contributed by atoms with Crippen LogP contribution in [0, 0.1) is 23.7 Å². The summed E-state index contributed by atoms with van der Waals surface area (Å²) in [4.78, 5) is 22.3. The van der Waals surface area contributed by atoms with Crippen molar-refractivity contribution in [1.82, 2.24) is 0 Å². The summed E-state index contributed by atoms with van der Waals surface area (Å²) in [6.07, 6.45) is 5.10. The molecule has 4 nitrogen and oxygen atoms in total. The lowest BCUT2D eigenvalue weighted by Gasteiger charge is -2.23. The number of carbonyl (C=O) groups excluding carboxylic acids is 1. The second-order valence-electron chi connectivity index (χ2n) is 4.26. The molecule has 0 aromatic carbocycles. The average Bonchev–Trinajstić information content (AvgIpc) is 2.77. The van der Waals surface area contributed by atoms with Crippen LogP contribution in [0.2, 0.25) is 0 Å². The number of carboxylic acid groups (broad SMARTS) is 1. The van der Waals surface area contributed by atoms with Gasteiger partial charge in [0.2, 0.25) is 0 Å². The van der Waals surface area contributed by atoms with Gasteiger partial charge < -0.3 is 9.84 Å². The normalized spacial score (nSPS) is 36.9. The van der Waals surface area contributed by atoms with Gasteiger partial charge in [-0.3, -0.25) is 9.59 Å². The minimum absolute atomic E-state index is 0.0788. The Labute approximate surface area is 87.9 Å². The van der Waals surface area contributed by atoms with Gasteiger partial charge in [0.05, 0.1) is 13.0 Å². The first-order valence-corrected chi connectivity index (χ1v) is 5.11. The Kier molecular flexibility index (Phi) is 2.50. The zero-order valence-electron chi connectivity index (χ0n) is 8.55. The Morgan fingerprint density at radius 2 is 2.07 bits per heavy atom. The van der Waals surface area contributed by atoms with Gasteiger partial charge in [0.1, 0.15) is 0 Å². The van der Waals surface area contributed by atoms with Crippen LogP contribution in [0.3, 0.4) is 0 Å². The van der Waals surface area contributed by atoms with Crippen molar-refractivity contribution in [3.63, 3.8) is 0 Å². The molecule has 1 N–H and O–H groups in total. The highest BCUT2D eigenvalue weighted by Crippen LogP contribution is 2.49. The molecular formula is C11H14O4. The first-order valence-electron chi connectivity index (χ1n) is 5.11. The fourth-order valence-electron chi connectivity index (χ4n) is 2.84. The molecule has 1 fully saturated rings. The lowest BCUT2D eigenvalue weighted by molar-refractivity contribution is -0.147. The summed E-state index contributed by atoms with van der Waals surface area (Å²) in [5.41, 5.74) is 0. The van der Waals surface area contributed by atoms with Gasteiger partial charge in [0.15, 0.2) is 0 Å². The number of hydrogen-bond donors (Lipinski definition) is 1. The van der Waals surface area contributed by atoms with E-state index < -0.39 is 11.9 Å². The van der Waals surface area contributed by atoms with E-state index in [0.717, 1.165) is 6.42 Å². The molecule has 0 amide bonds. The molecule has 2 aliphatic carbocycles. The third-order valence-electron chi connectivity index (χ3n) is 3.54. The third-order valence-corrected chi connectivity index (χ3v) is 3.54. The first kappa shape index (κ1) is 10.2. The number of allylic oxidation sites excluding steroid dienone is 2. The second-order valence-corrected chi connectivity index (χ2v) is 4.26. The number of aliphatic carboxylic acids is 1. The Hall–Kier alpha value is -1.32. The minimum atomic E-state index is -0.791. The Morgan fingerprint density at radius 3 is 2.67 bits per heavy atom. The molecule has 4 atom stereocenters. The van der Waals surface area contributed by atoms with Gasteiger partial charge in [-0.05, 0) is 24.2 Å². The molecule has 1 saturated carbocycles. The van der Waals surface area contributed by atoms with Crippen LogP contribution in [-0.2, 0) is 14.3 Å². The van der Waals surface area contributed by atoms with Crippen molar-refractivity contribution in [2.24, 2.45) is 23.7 Å². The molecule has 0 heterocycles. The maximum Gasteiger partial charge on any atom is 0.307 e. The second kappa shape index (κ2) is 3.68. The van der Waals surface area contributed by atoms with E-state index in [1.807, 2.05) is 12.2 Å². The van der Waals surface area contributed by atoms with Crippen LogP contribution in [0.15, 0.2) is 12.2 Å². The van der Waals surface area contributed by atoms with E-state index in [1.165, 1.54) is 7.11 Å². The summed E-state index contributed by atoms with van der Waals surface area (Å²) in [5, 5.41) is 9.11. The topological polar surface area (TPSA) is 63.6 Å². The van der Waals surface area contributed by atoms with Crippen LogP contribution < -0.4 is 0 Å². The molecule has 0 radical (unpaired) electrons. The summed E-state index contributed by atoms with van der Waals surface area (Å²) in [6.45, 7) is 0. The lowest BCUT2D eigenvalue weighted by Crippen LogP contribution is -2.29. The van der Waals surface area contributed by atoms with Gasteiger partial charge in [-0.2, -0.15) is 0 Å². The van der Waals surface area contributed by atoms with E-state index in [-0.39, 0.29) is 30.1 Å². The van der Waals surface area contributed by atoms with E-state index in [9.17, 15) is 9.59 Å². The van der Waals surface area contributed by atoms with Crippen molar-refractivity contribution in [3.05, 3.63) is 12.2 Å². The molecule has 4 heteroatoms. The molecule has 0 aliphatic heterocycles. The van der Waals surface area contributed by atoms with Gasteiger partial charge in [0, 0.05) is 6.42 Å². The van der Waals surface area contributed by atoms with E-state index in [4.69, 9.17) is 5.11 Å². The Balaban J connectivity index is 2.12. The molecule has 15 heavy (non-hydrogen) atoms. The number of carboxylic acids is 1. The molecule has 4 unspecified atom stereocenters. The number of methoxy groups -OCH3 is 1. The summed E-state index contributed by atoms with van der Waals surface area (Å²) in [5.74, 6) is -1.23. The third kappa shape index (κ3) is 1.64. The maximum atomic E-state index is 11.2. The van der Waals surface area contributed by atoms with Crippen molar-refractivity contribution < 1.29 is 19.4 Å². The predicted molar refractivity (Wildman–Crippen MR) is 52.0 cm³/mol. The summed E-state index contributed by atoms with van der Waals surface area (Å²) >= 11 is 0. The Bertz CT molecular complexity index is 321. The zero-order valence-corrected chi connectivity index (χ0v) is 8.55. The molecule has 0 spiro atoms. The van der Waals surface area contributed by atoms with E-state index >= 15 is 0 Å². The SMILES string of the molecule is COC(=O)CC1C2C=CC(C2)C1C(=O)O. The predicted octanol–water partition coefficient (Wildman–Crippen LogP) is 1.07. The maximum absolute atomic E-state index is 11.2. The quantitative estimate of drug-likeness (QED) is 0.559. The highest BCUT2D eigenvalue weighted by Gasteiger charge is 2.48. The molecular weight excluding hydrogens is 196 g/mol. The smallest absolute Gasteiger partial charge is 0.307 e. The number of hydrogen-bond acceptors (Lipinski definition) is 3. The van der Waals surface area contributed by atoms with E-state index in [0.29, 0.717) is 0 Å². The van der Waals surface area contributed by atoms with Gasteiger partial charge >= 0.3 is 11.9 Å². The lowest BCUT2D eigenvalue weighted by atomic mass is 9.81. The van der Waals surface area contributed by atoms with Crippen LogP contribution in [0.1, 0.15) is 12.8 Å². The van der Waals surface area contributed by atoms with Gasteiger partial charge in [-0.1, -0.05) is 12.2 Å². The van der Waals surface area contributed by atoms with Crippen molar-refractivity contribution in [2.45, 2.75) is 12.8 Å². The molecule has 2 rings (SSSR count). The first-order chi connectivity index (χ1) is 7.13. The van der Waals surface area contributed by atoms with Crippen LogP contribution in [0.25, 0.3) is 0 Å². The molecule has 2 aliphatic rings.